The molecule has 1 heterocycles. The molecule has 1 unspecified atom stereocenters. The molecular formula is C10H17BrN4O2. The van der Waals surface area contributed by atoms with Crippen LogP contribution in [0.5, 0.6) is 0 Å². The highest BCUT2D eigenvalue weighted by Gasteiger charge is 2.14. The Morgan fingerprint density at radius 1 is 1.71 bits per heavy atom. The van der Waals surface area contributed by atoms with Crippen molar-refractivity contribution in [2.24, 2.45) is 12.8 Å². The fraction of sp³-hybridized carbons (Fsp3) is 0.600. The Bertz CT molecular complexity index is 405. The third kappa shape index (κ3) is 3.52. The Kier molecular flexibility index (Phi) is 5.10. The van der Waals surface area contributed by atoms with Crippen LogP contribution in [0.25, 0.3) is 0 Å². The summed E-state index contributed by atoms with van der Waals surface area (Å²) < 4.78 is 2.73. The summed E-state index contributed by atoms with van der Waals surface area (Å²) in [7, 11) is 1.85. The Morgan fingerprint density at radius 3 is 2.82 bits per heavy atom. The number of amides is 1. The smallest absolute Gasteiger partial charge is 0.247 e. The summed E-state index contributed by atoms with van der Waals surface area (Å²) in [6.07, 6.45) is -0.314. The molecule has 0 radical (unpaired) electrons. The largest absolute Gasteiger partial charge is 0.382 e. The number of nitrogens with one attached hydrogen (secondary N) is 1. The molecule has 0 fully saturated rings. The predicted molar refractivity (Wildman–Crippen MR) is 67.2 cm³/mol. The molecule has 1 aromatic heterocycles. The fourth-order valence-corrected chi connectivity index (χ4v) is 2.20. The second-order valence-electron chi connectivity index (χ2n) is 3.73. The first-order chi connectivity index (χ1) is 7.97. The molecule has 0 saturated heterocycles. The molecule has 96 valence electrons. The molecule has 1 amide bonds. The van der Waals surface area contributed by atoms with Gasteiger partial charge in [0.25, 0.3) is 0 Å². The van der Waals surface area contributed by atoms with Gasteiger partial charge >= 0.3 is 0 Å². The minimum absolute atomic E-state index is 0.133. The standard InChI is InChI=1S/C10H17BrN4O2/c1-3-6-9(11)7(15(2)14-6)4-13-5-8(16)10(12)17/h8,13,16H,3-5H2,1-2H3,(H2,12,17). The molecule has 0 saturated carbocycles. The number of nitrogens with two attached hydrogens (primary N) is 1. The molecule has 1 rings (SSSR count). The zero-order valence-electron chi connectivity index (χ0n) is 9.90. The van der Waals surface area contributed by atoms with Gasteiger partial charge in [-0.05, 0) is 22.4 Å². The molecule has 6 nitrogen and oxygen atoms in total. The third-order valence-corrected chi connectivity index (χ3v) is 3.38. The number of carbonyl (C=O) groups excluding carboxylic acids is 1. The van der Waals surface area contributed by atoms with Crippen molar-refractivity contribution >= 4 is 21.8 Å². The summed E-state index contributed by atoms with van der Waals surface area (Å²) in [5, 5.41) is 16.5. The van der Waals surface area contributed by atoms with Gasteiger partial charge < -0.3 is 16.2 Å². The lowest BCUT2D eigenvalue weighted by atomic mass is 10.3. The number of aryl methyl sites for hydroxylation is 2. The van der Waals surface area contributed by atoms with Gasteiger partial charge in [0.1, 0.15) is 6.10 Å². The number of aromatic nitrogens is 2. The SMILES string of the molecule is CCc1nn(C)c(CNCC(O)C(N)=O)c1Br. The monoisotopic (exact) mass is 304 g/mol. The Balaban J connectivity index is 2.58. The van der Waals surface area contributed by atoms with Crippen molar-refractivity contribution < 1.29 is 9.90 Å². The maximum Gasteiger partial charge on any atom is 0.247 e. The van der Waals surface area contributed by atoms with Crippen molar-refractivity contribution in [3.05, 3.63) is 15.9 Å². The van der Waals surface area contributed by atoms with Gasteiger partial charge in [-0.2, -0.15) is 5.10 Å². The van der Waals surface area contributed by atoms with Crippen molar-refractivity contribution in [1.82, 2.24) is 15.1 Å². The van der Waals surface area contributed by atoms with Crippen LogP contribution in [0, 0.1) is 0 Å². The summed E-state index contributed by atoms with van der Waals surface area (Å²) in [5.41, 5.74) is 6.90. The minimum atomic E-state index is -1.16. The number of nitrogens with zero attached hydrogens (tertiary/aromatic N) is 2. The maximum absolute atomic E-state index is 10.6. The lowest BCUT2D eigenvalue weighted by Crippen LogP contribution is -2.37. The molecule has 1 atom stereocenters. The molecule has 1 aromatic rings. The molecule has 7 heteroatoms. The number of hydrogen-bond acceptors (Lipinski definition) is 4. The fourth-order valence-electron chi connectivity index (χ4n) is 1.44. The summed E-state index contributed by atoms with van der Waals surface area (Å²) >= 11 is 3.48. The van der Waals surface area contributed by atoms with Gasteiger partial charge in [0.2, 0.25) is 5.91 Å². The molecule has 0 spiro atoms. The Labute approximate surface area is 108 Å². The van der Waals surface area contributed by atoms with Crippen LogP contribution < -0.4 is 11.1 Å². The van der Waals surface area contributed by atoms with E-state index >= 15 is 0 Å². The Morgan fingerprint density at radius 2 is 2.35 bits per heavy atom. The van der Waals surface area contributed by atoms with Crippen LogP contribution in [-0.4, -0.2) is 33.4 Å². The van der Waals surface area contributed by atoms with Crippen LogP contribution in [-0.2, 0) is 24.8 Å². The maximum atomic E-state index is 10.6. The minimum Gasteiger partial charge on any atom is -0.382 e. The van der Waals surface area contributed by atoms with Gasteiger partial charge in [-0.25, -0.2) is 0 Å². The van der Waals surface area contributed by atoms with Crippen molar-refractivity contribution in [2.75, 3.05) is 6.54 Å². The van der Waals surface area contributed by atoms with E-state index in [4.69, 9.17) is 5.73 Å². The van der Waals surface area contributed by atoms with Gasteiger partial charge in [0, 0.05) is 20.1 Å². The zero-order chi connectivity index (χ0) is 13.0. The van der Waals surface area contributed by atoms with E-state index in [0.717, 1.165) is 22.3 Å². The van der Waals surface area contributed by atoms with Gasteiger partial charge in [0.15, 0.2) is 0 Å². The first kappa shape index (κ1) is 14.1. The van der Waals surface area contributed by atoms with Crippen molar-refractivity contribution in [1.29, 1.82) is 0 Å². The van der Waals surface area contributed by atoms with Crippen molar-refractivity contribution in [3.8, 4) is 0 Å². The van der Waals surface area contributed by atoms with Crippen molar-refractivity contribution in [3.63, 3.8) is 0 Å². The lowest BCUT2D eigenvalue weighted by Gasteiger charge is -2.08. The van der Waals surface area contributed by atoms with Crippen LogP contribution in [0.2, 0.25) is 0 Å². The molecule has 0 aliphatic heterocycles. The normalized spacial score (nSPS) is 12.7. The number of rotatable bonds is 6. The number of primary amides is 1. The highest BCUT2D eigenvalue weighted by molar-refractivity contribution is 9.10. The van der Waals surface area contributed by atoms with E-state index in [1.807, 2.05) is 14.0 Å². The van der Waals surface area contributed by atoms with Crippen LogP contribution in [0.15, 0.2) is 4.47 Å². The molecule has 4 N–H and O–H groups in total. The summed E-state index contributed by atoms with van der Waals surface area (Å²) in [6.45, 7) is 2.67. The van der Waals surface area contributed by atoms with Gasteiger partial charge in [-0.15, -0.1) is 0 Å². The van der Waals surface area contributed by atoms with E-state index < -0.39 is 12.0 Å². The van der Waals surface area contributed by atoms with E-state index in [0.29, 0.717) is 6.54 Å². The Hall–Kier alpha value is -0.920. The molecule has 0 aromatic carbocycles. The average Bonchev–Trinajstić information content (AvgIpc) is 2.55. The summed E-state index contributed by atoms with van der Waals surface area (Å²) in [5.74, 6) is -0.726. The van der Waals surface area contributed by atoms with Crippen LogP contribution in [0.3, 0.4) is 0 Å². The number of aliphatic hydroxyl groups is 1. The second kappa shape index (κ2) is 6.13. The molecule has 0 aliphatic carbocycles. The average molecular weight is 305 g/mol. The van der Waals surface area contributed by atoms with Crippen molar-refractivity contribution in [2.45, 2.75) is 26.0 Å². The topological polar surface area (TPSA) is 93.2 Å². The van der Waals surface area contributed by atoms with Gasteiger partial charge in [-0.1, -0.05) is 6.92 Å². The molecule has 0 aliphatic rings. The number of carbonyl (C=O) groups is 1. The molecule has 0 bridgehead atoms. The summed E-state index contributed by atoms with van der Waals surface area (Å²) in [6, 6.07) is 0. The van der Waals surface area contributed by atoms with Gasteiger partial charge in [0.05, 0.1) is 15.9 Å². The second-order valence-corrected chi connectivity index (χ2v) is 4.53. The highest BCUT2D eigenvalue weighted by Crippen LogP contribution is 2.21. The van der Waals surface area contributed by atoms with E-state index in [-0.39, 0.29) is 6.54 Å². The van der Waals surface area contributed by atoms with Crippen LogP contribution >= 0.6 is 15.9 Å². The highest BCUT2D eigenvalue weighted by atomic mass is 79.9. The molecular weight excluding hydrogens is 288 g/mol. The number of hydrogen-bond donors (Lipinski definition) is 3. The van der Waals surface area contributed by atoms with Gasteiger partial charge in [-0.3, -0.25) is 9.48 Å². The van der Waals surface area contributed by atoms with E-state index in [2.05, 4.69) is 26.3 Å². The van der Waals surface area contributed by atoms with E-state index in [1.165, 1.54) is 0 Å². The zero-order valence-corrected chi connectivity index (χ0v) is 11.5. The number of halogens is 1. The number of aliphatic hydroxyl groups excluding tert-OH is 1. The molecule has 17 heavy (non-hydrogen) atoms. The lowest BCUT2D eigenvalue weighted by molar-refractivity contribution is -0.125. The first-order valence-electron chi connectivity index (χ1n) is 5.35. The predicted octanol–water partition coefficient (Wildman–Crippen LogP) is -0.319. The van der Waals surface area contributed by atoms with E-state index in [9.17, 15) is 9.90 Å². The first-order valence-corrected chi connectivity index (χ1v) is 6.15. The van der Waals surface area contributed by atoms with E-state index in [1.54, 1.807) is 4.68 Å². The summed E-state index contributed by atoms with van der Waals surface area (Å²) in [4.78, 5) is 10.6. The quantitative estimate of drug-likeness (QED) is 0.671. The third-order valence-electron chi connectivity index (χ3n) is 2.46. The van der Waals surface area contributed by atoms with Crippen LogP contribution in [0.4, 0.5) is 0 Å². The van der Waals surface area contributed by atoms with Crippen LogP contribution in [0.1, 0.15) is 18.3 Å².